The Bertz CT molecular complexity index is 1060. The molecule has 1 aromatic carbocycles. The normalized spacial score (nSPS) is 13.2. The van der Waals surface area contributed by atoms with Gasteiger partial charge in [0.15, 0.2) is 5.13 Å². The molecule has 7 nitrogen and oxygen atoms in total. The predicted octanol–water partition coefficient (Wildman–Crippen LogP) is 3.25. The van der Waals surface area contributed by atoms with E-state index in [1.165, 1.54) is 11.3 Å². The lowest BCUT2D eigenvalue weighted by molar-refractivity contribution is -0.113. The van der Waals surface area contributed by atoms with Crippen molar-refractivity contribution in [1.29, 1.82) is 0 Å². The number of nitrogens with zero attached hydrogens (tertiary/aromatic N) is 3. The Morgan fingerprint density at radius 1 is 1.23 bits per heavy atom. The van der Waals surface area contributed by atoms with Gasteiger partial charge in [-0.25, -0.2) is 4.98 Å². The van der Waals surface area contributed by atoms with E-state index in [0.717, 1.165) is 28.6 Å². The summed E-state index contributed by atoms with van der Waals surface area (Å²) in [6.07, 6.45) is 5.40. The lowest BCUT2D eigenvalue weighted by Crippen LogP contribution is -2.17. The molecule has 0 bridgehead atoms. The first-order valence-corrected chi connectivity index (χ1v) is 9.04. The summed E-state index contributed by atoms with van der Waals surface area (Å²) < 4.78 is 2.51. The highest BCUT2D eigenvalue weighted by atomic mass is 32.1. The summed E-state index contributed by atoms with van der Waals surface area (Å²) in [5.41, 5.74) is 3.49. The van der Waals surface area contributed by atoms with Gasteiger partial charge in [-0.3, -0.25) is 19.6 Å². The van der Waals surface area contributed by atoms with Gasteiger partial charge in [0.2, 0.25) is 0 Å². The van der Waals surface area contributed by atoms with Crippen LogP contribution in [0.1, 0.15) is 28.9 Å². The van der Waals surface area contributed by atoms with Crippen molar-refractivity contribution in [2.45, 2.75) is 19.8 Å². The monoisotopic (exact) mass is 367 g/mol. The van der Waals surface area contributed by atoms with E-state index in [1.807, 2.05) is 18.2 Å². The predicted molar refractivity (Wildman–Crippen MR) is 101 cm³/mol. The molecule has 1 aliphatic carbocycles. The molecule has 3 aromatic rings. The van der Waals surface area contributed by atoms with Gasteiger partial charge in [-0.2, -0.15) is 5.10 Å². The number of carbonyl (C=O) groups excluding carboxylic acids is 2. The zero-order valence-corrected chi connectivity index (χ0v) is 15.2. The molecule has 0 saturated carbocycles. The quantitative estimate of drug-likeness (QED) is 0.741. The van der Waals surface area contributed by atoms with E-state index >= 15 is 0 Å². The molecule has 2 N–H and O–H groups in total. The second-order valence-corrected chi connectivity index (χ2v) is 7.21. The summed E-state index contributed by atoms with van der Waals surface area (Å²) in [6, 6.07) is 5.48. The molecule has 4 rings (SSSR count). The highest BCUT2D eigenvalue weighted by molar-refractivity contribution is 7.22. The SMILES string of the molecule is Cc1nn(C)cc1C(=O)Nc1ccc2nc(NC(=O)C3=CCC3)sc2c1. The average molecular weight is 367 g/mol. The standard InChI is InChI=1S/C18H17N5O2S/c1-10-13(9-23(2)22-10)17(25)19-12-6-7-14-15(8-12)26-18(20-14)21-16(24)11-4-3-5-11/h4,6-9H,3,5H2,1-2H3,(H,19,25)(H,20,21,24). The van der Waals surface area contributed by atoms with E-state index in [0.29, 0.717) is 22.1 Å². The van der Waals surface area contributed by atoms with Crippen LogP contribution in [-0.4, -0.2) is 26.6 Å². The second-order valence-electron chi connectivity index (χ2n) is 6.18. The van der Waals surface area contributed by atoms with E-state index in [9.17, 15) is 9.59 Å². The van der Waals surface area contributed by atoms with Gasteiger partial charge in [-0.05, 0) is 38.0 Å². The molecule has 0 atom stereocenters. The average Bonchev–Trinajstić information content (AvgIpc) is 3.06. The molecule has 8 heteroatoms. The molecule has 2 heterocycles. The molecule has 2 aromatic heterocycles. The largest absolute Gasteiger partial charge is 0.322 e. The minimum Gasteiger partial charge on any atom is -0.322 e. The third-order valence-corrected chi connectivity index (χ3v) is 5.15. The molecule has 0 radical (unpaired) electrons. The molecule has 2 amide bonds. The smallest absolute Gasteiger partial charge is 0.259 e. The summed E-state index contributed by atoms with van der Waals surface area (Å²) in [5.74, 6) is -0.291. The number of benzene rings is 1. The minimum absolute atomic E-state index is 0.0871. The van der Waals surface area contributed by atoms with E-state index in [2.05, 4.69) is 20.7 Å². The van der Waals surface area contributed by atoms with Crippen molar-refractivity contribution in [3.63, 3.8) is 0 Å². The summed E-state index contributed by atoms with van der Waals surface area (Å²) >= 11 is 1.38. The van der Waals surface area contributed by atoms with Gasteiger partial charge in [0.05, 0.1) is 21.5 Å². The zero-order valence-electron chi connectivity index (χ0n) is 14.4. The number of hydrogen-bond acceptors (Lipinski definition) is 5. The fourth-order valence-corrected chi connectivity index (χ4v) is 3.65. The minimum atomic E-state index is -0.204. The Balaban J connectivity index is 1.52. The number of allylic oxidation sites excluding steroid dienone is 1. The number of carbonyl (C=O) groups is 2. The second kappa shape index (κ2) is 6.38. The molecular weight excluding hydrogens is 350 g/mol. The van der Waals surface area contributed by atoms with Crippen molar-refractivity contribution in [3.05, 3.63) is 47.3 Å². The summed E-state index contributed by atoms with van der Waals surface area (Å²) in [7, 11) is 1.78. The van der Waals surface area contributed by atoms with Gasteiger partial charge in [0.25, 0.3) is 11.8 Å². The Morgan fingerprint density at radius 3 is 2.69 bits per heavy atom. The number of amides is 2. The van der Waals surface area contributed by atoms with Crippen LogP contribution in [0.4, 0.5) is 10.8 Å². The Kier molecular flexibility index (Phi) is 4.04. The van der Waals surface area contributed by atoms with E-state index in [4.69, 9.17) is 0 Å². The van der Waals surface area contributed by atoms with Crippen LogP contribution in [0.15, 0.2) is 36.0 Å². The van der Waals surface area contributed by atoms with Crippen molar-refractivity contribution in [3.8, 4) is 0 Å². The van der Waals surface area contributed by atoms with Crippen LogP contribution in [0.3, 0.4) is 0 Å². The first-order valence-electron chi connectivity index (χ1n) is 8.22. The highest BCUT2D eigenvalue weighted by Crippen LogP contribution is 2.29. The zero-order chi connectivity index (χ0) is 18.3. The van der Waals surface area contributed by atoms with Crippen LogP contribution in [0.25, 0.3) is 10.2 Å². The van der Waals surface area contributed by atoms with Gasteiger partial charge >= 0.3 is 0 Å². The number of aryl methyl sites for hydroxylation is 2. The van der Waals surface area contributed by atoms with Crippen LogP contribution in [-0.2, 0) is 11.8 Å². The Morgan fingerprint density at radius 2 is 2.04 bits per heavy atom. The van der Waals surface area contributed by atoms with Crippen LogP contribution in [0.2, 0.25) is 0 Å². The number of nitrogens with one attached hydrogen (secondary N) is 2. The van der Waals surface area contributed by atoms with Gasteiger partial charge in [0.1, 0.15) is 0 Å². The molecule has 26 heavy (non-hydrogen) atoms. The third kappa shape index (κ3) is 3.11. The number of fused-ring (bicyclic) bond motifs is 1. The van der Waals surface area contributed by atoms with Crippen molar-refractivity contribution < 1.29 is 9.59 Å². The lowest BCUT2D eigenvalue weighted by Gasteiger charge is -2.12. The van der Waals surface area contributed by atoms with Crippen molar-refractivity contribution in [2.24, 2.45) is 7.05 Å². The fourth-order valence-electron chi connectivity index (χ4n) is 2.75. The topological polar surface area (TPSA) is 88.9 Å². The van der Waals surface area contributed by atoms with Gasteiger partial charge in [-0.1, -0.05) is 17.4 Å². The van der Waals surface area contributed by atoms with Crippen molar-refractivity contribution in [2.75, 3.05) is 10.6 Å². The first kappa shape index (κ1) is 16.5. The fraction of sp³-hybridized carbons (Fsp3) is 0.222. The molecular formula is C18H17N5O2S. The maximum atomic E-state index is 12.4. The third-order valence-electron chi connectivity index (χ3n) is 4.22. The van der Waals surface area contributed by atoms with Crippen LogP contribution < -0.4 is 10.6 Å². The number of aromatic nitrogens is 3. The maximum Gasteiger partial charge on any atom is 0.259 e. The summed E-state index contributed by atoms with van der Waals surface area (Å²) in [4.78, 5) is 28.8. The Labute approximate surface area is 153 Å². The lowest BCUT2D eigenvalue weighted by atomic mass is 9.99. The Hall–Kier alpha value is -3.00. The van der Waals surface area contributed by atoms with Gasteiger partial charge in [-0.15, -0.1) is 0 Å². The van der Waals surface area contributed by atoms with E-state index in [1.54, 1.807) is 30.9 Å². The van der Waals surface area contributed by atoms with Crippen LogP contribution >= 0.6 is 11.3 Å². The molecule has 1 aliphatic rings. The van der Waals surface area contributed by atoms with Gasteiger partial charge in [0, 0.05) is 24.5 Å². The molecule has 132 valence electrons. The molecule has 0 spiro atoms. The van der Waals surface area contributed by atoms with Gasteiger partial charge < -0.3 is 5.32 Å². The van der Waals surface area contributed by atoms with Crippen LogP contribution in [0, 0.1) is 6.92 Å². The van der Waals surface area contributed by atoms with E-state index in [-0.39, 0.29) is 11.8 Å². The molecule has 0 fully saturated rings. The molecule has 0 aliphatic heterocycles. The number of hydrogen-bond donors (Lipinski definition) is 2. The van der Waals surface area contributed by atoms with E-state index < -0.39 is 0 Å². The highest BCUT2D eigenvalue weighted by Gasteiger charge is 2.17. The molecule has 0 saturated heterocycles. The number of anilines is 2. The summed E-state index contributed by atoms with van der Waals surface area (Å²) in [5, 5.41) is 10.5. The van der Waals surface area contributed by atoms with Crippen LogP contribution in [0.5, 0.6) is 0 Å². The number of rotatable bonds is 4. The first-order chi connectivity index (χ1) is 12.5. The maximum absolute atomic E-state index is 12.4. The number of thiazole rings is 1. The van der Waals surface area contributed by atoms with Crippen molar-refractivity contribution >= 4 is 44.2 Å². The van der Waals surface area contributed by atoms with Crippen molar-refractivity contribution in [1.82, 2.24) is 14.8 Å². The molecule has 0 unspecified atom stereocenters. The summed E-state index contributed by atoms with van der Waals surface area (Å²) in [6.45, 7) is 1.80.